The molecule has 0 bridgehead atoms. The summed E-state index contributed by atoms with van der Waals surface area (Å²) in [5, 5.41) is 9.24. The molecule has 2 aromatic carbocycles. The first-order chi connectivity index (χ1) is 17.2. The van der Waals surface area contributed by atoms with Gasteiger partial charge in [0.2, 0.25) is 11.8 Å². The molecule has 0 unspecified atom stereocenters. The van der Waals surface area contributed by atoms with Crippen molar-refractivity contribution in [2.45, 2.75) is 58.4 Å². The number of carboxylic acids is 1. The molecule has 4 N–H and O–H groups in total. The number of halogens is 1. The molecule has 3 aromatic rings. The van der Waals surface area contributed by atoms with E-state index in [2.05, 4.69) is 35.5 Å². The predicted molar refractivity (Wildman–Crippen MR) is 151 cm³/mol. The lowest BCUT2D eigenvalue weighted by atomic mass is 9.89. The lowest BCUT2D eigenvalue weighted by molar-refractivity contribution is 0.0696. The molecule has 0 spiro atoms. The lowest BCUT2D eigenvalue weighted by Crippen LogP contribution is -2.29. The monoisotopic (exact) mass is 562 g/mol. The van der Waals surface area contributed by atoms with E-state index in [1.165, 1.54) is 18.2 Å². The summed E-state index contributed by atoms with van der Waals surface area (Å²) in [7, 11) is -4.18. The summed E-state index contributed by atoms with van der Waals surface area (Å²) in [5.41, 5.74) is 9.47. The zero-order valence-corrected chi connectivity index (χ0v) is 23.8. The van der Waals surface area contributed by atoms with E-state index in [-0.39, 0.29) is 52.8 Å². The van der Waals surface area contributed by atoms with E-state index < -0.39 is 16.0 Å². The summed E-state index contributed by atoms with van der Waals surface area (Å²) in [5.74, 6) is -1.25. The van der Waals surface area contributed by atoms with Crippen molar-refractivity contribution in [1.82, 2.24) is 9.97 Å². The van der Waals surface area contributed by atoms with Crippen molar-refractivity contribution >= 4 is 34.3 Å². The lowest BCUT2D eigenvalue weighted by Gasteiger charge is -2.21. The van der Waals surface area contributed by atoms with Crippen LogP contribution < -0.4 is 15.2 Å². The van der Waals surface area contributed by atoms with Crippen LogP contribution in [-0.4, -0.2) is 42.1 Å². The third kappa shape index (κ3) is 8.41. The van der Waals surface area contributed by atoms with Crippen molar-refractivity contribution in [3.8, 4) is 17.1 Å². The number of benzene rings is 2. The number of sulfonamides is 1. The molecule has 0 saturated heterocycles. The number of nitrogens with two attached hydrogens (primary N) is 1. The molecule has 3 rings (SSSR count). The highest BCUT2D eigenvalue weighted by molar-refractivity contribution is 7.92. The van der Waals surface area contributed by atoms with E-state index in [0.29, 0.717) is 5.69 Å². The molecule has 0 radical (unpaired) electrons. The zero-order valence-electron chi connectivity index (χ0n) is 22.2. The van der Waals surface area contributed by atoms with E-state index in [1.54, 1.807) is 6.07 Å². The number of anilines is 1. The van der Waals surface area contributed by atoms with E-state index in [4.69, 9.17) is 10.5 Å². The molecule has 1 atom stereocenters. The van der Waals surface area contributed by atoms with Crippen molar-refractivity contribution < 1.29 is 23.1 Å². The van der Waals surface area contributed by atoms with Crippen LogP contribution in [0.2, 0.25) is 0 Å². The standard InChI is InChI=1S/C27H34N4O5S.ClH/c1-17-8-6-9-18(2)24(17)22-15-23(36-16-20(28)12-13-27(3,4)5)30-26(29-22)31-37(34,35)21-11-7-10-19(14-21)25(32)33;/h6-11,14-15,20H,12-13,16,28H2,1-5H3,(H,32,33)(H,29,30,31);1H/t20-;/m1./s1. The summed E-state index contributed by atoms with van der Waals surface area (Å²) >= 11 is 0. The van der Waals surface area contributed by atoms with Gasteiger partial charge in [0.1, 0.15) is 6.61 Å². The Labute approximate surface area is 230 Å². The molecule has 38 heavy (non-hydrogen) atoms. The van der Waals surface area contributed by atoms with Gasteiger partial charge in [0.25, 0.3) is 10.0 Å². The third-order valence-electron chi connectivity index (χ3n) is 5.77. The van der Waals surface area contributed by atoms with Gasteiger partial charge in [-0.2, -0.15) is 4.98 Å². The van der Waals surface area contributed by atoms with Crippen molar-refractivity contribution in [1.29, 1.82) is 0 Å². The van der Waals surface area contributed by atoms with Crippen molar-refractivity contribution in [3.05, 3.63) is 65.2 Å². The van der Waals surface area contributed by atoms with Gasteiger partial charge < -0.3 is 15.6 Å². The Morgan fingerprint density at radius 2 is 1.71 bits per heavy atom. The molecule has 1 aromatic heterocycles. The summed E-state index contributed by atoms with van der Waals surface area (Å²) in [4.78, 5) is 19.8. The highest BCUT2D eigenvalue weighted by Crippen LogP contribution is 2.29. The van der Waals surface area contributed by atoms with Gasteiger partial charge in [-0.1, -0.05) is 45.0 Å². The fraction of sp³-hybridized carbons (Fsp3) is 0.370. The van der Waals surface area contributed by atoms with Crippen LogP contribution in [0.3, 0.4) is 0 Å². The largest absolute Gasteiger partial charge is 0.478 e. The number of nitrogens with zero attached hydrogens (tertiary/aromatic N) is 2. The van der Waals surface area contributed by atoms with Crippen LogP contribution in [-0.2, 0) is 10.0 Å². The number of carbonyl (C=O) groups is 1. The van der Waals surface area contributed by atoms with Gasteiger partial charge in [0.05, 0.1) is 16.2 Å². The SMILES string of the molecule is Cc1cccc(C)c1-c1cc(OC[C@H](N)CCC(C)(C)C)nc(NS(=O)(=O)c2cccc(C(=O)O)c2)n1.Cl. The Hall–Kier alpha value is -3.21. The smallest absolute Gasteiger partial charge is 0.335 e. The second-order valence-electron chi connectivity index (χ2n) is 10.3. The first kappa shape index (κ1) is 31.0. The maximum atomic E-state index is 13.1. The Morgan fingerprint density at radius 3 is 2.32 bits per heavy atom. The van der Waals surface area contributed by atoms with Gasteiger partial charge in [0.15, 0.2) is 0 Å². The topological polar surface area (TPSA) is 144 Å². The zero-order chi connectivity index (χ0) is 27.4. The molecule has 0 aliphatic rings. The van der Waals surface area contributed by atoms with Gasteiger partial charge >= 0.3 is 5.97 Å². The number of aryl methyl sites for hydroxylation is 2. The Balaban J connectivity index is 0.00000507. The average Bonchev–Trinajstić information content (AvgIpc) is 2.80. The van der Waals surface area contributed by atoms with Gasteiger partial charge in [0, 0.05) is 17.7 Å². The molecular formula is C27H35ClN4O5S. The van der Waals surface area contributed by atoms with Crippen molar-refractivity contribution in [2.75, 3.05) is 11.3 Å². The van der Waals surface area contributed by atoms with Crippen LogP contribution >= 0.6 is 12.4 Å². The van der Waals surface area contributed by atoms with E-state index in [1.807, 2.05) is 32.0 Å². The summed E-state index contributed by atoms with van der Waals surface area (Å²) in [6.07, 6.45) is 1.69. The summed E-state index contributed by atoms with van der Waals surface area (Å²) in [6, 6.07) is 12.3. The van der Waals surface area contributed by atoms with Crippen LogP contribution in [0, 0.1) is 19.3 Å². The highest BCUT2D eigenvalue weighted by Gasteiger charge is 2.20. The Kier molecular flexibility index (Phi) is 10.2. The number of rotatable bonds is 10. The maximum absolute atomic E-state index is 13.1. The number of aromatic nitrogens is 2. The number of aromatic carboxylic acids is 1. The predicted octanol–water partition coefficient (Wildman–Crippen LogP) is 5.21. The first-order valence-corrected chi connectivity index (χ1v) is 13.4. The number of hydrogen-bond donors (Lipinski definition) is 3. The number of nitrogens with one attached hydrogen (secondary N) is 1. The maximum Gasteiger partial charge on any atom is 0.335 e. The minimum Gasteiger partial charge on any atom is -0.478 e. The van der Waals surface area contributed by atoms with Crippen LogP contribution in [0.1, 0.15) is 55.1 Å². The molecule has 206 valence electrons. The van der Waals surface area contributed by atoms with E-state index in [0.717, 1.165) is 35.6 Å². The Bertz CT molecular complexity index is 1370. The minimum absolute atomic E-state index is 0. The molecule has 9 nitrogen and oxygen atoms in total. The number of carboxylic acid groups (broad SMARTS) is 1. The van der Waals surface area contributed by atoms with Gasteiger partial charge in [-0.05, 0) is 61.4 Å². The Morgan fingerprint density at radius 1 is 1.08 bits per heavy atom. The normalized spacial score (nSPS) is 12.4. The number of hydrogen-bond acceptors (Lipinski definition) is 7. The van der Waals surface area contributed by atoms with Gasteiger partial charge in [-0.3, -0.25) is 0 Å². The molecule has 11 heteroatoms. The third-order valence-corrected chi connectivity index (χ3v) is 7.09. The quantitative estimate of drug-likeness (QED) is 0.305. The molecule has 0 saturated carbocycles. The minimum atomic E-state index is -4.18. The van der Waals surface area contributed by atoms with Crippen LogP contribution in [0.15, 0.2) is 53.4 Å². The molecule has 0 fully saturated rings. The van der Waals surface area contributed by atoms with Crippen LogP contribution in [0.4, 0.5) is 5.95 Å². The highest BCUT2D eigenvalue weighted by atomic mass is 35.5. The van der Waals surface area contributed by atoms with Crippen LogP contribution in [0.25, 0.3) is 11.3 Å². The molecule has 1 heterocycles. The van der Waals surface area contributed by atoms with E-state index >= 15 is 0 Å². The van der Waals surface area contributed by atoms with Crippen molar-refractivity contribution in [3.63, 3.8) is 0 Å². The second kappa shape index (κ2) is 12.6. The first-order valence-electron chi connectivity index (χ1n) is 12.0. The molecule has 0 aliphatic carbocycles. The summed E-state index contributed by atoms with van der Waals surface area (Å²) in [6.45, 7) is 10.5. The molecule has 0 aliphatic heterocycles. The average molecular weight is 563 g/mol. The number of ether oxygens (including phenoxy) is 1. The van der Waals surface area contributed by atoms with Gasteiger partial charge in [-0.15, -0.1) is 12.4 Å². The second-order valence-corrected chi connectivity index (χ2v) is 12.0. The van der Waals surface area contributed by atoms with Gasteiger partial charge in [-0.25, -0.2) is 22.9 Å². The molecular weight excluding hydrogens is 528 g/mol. The van der Waals surface area contributed by atoms with E-state index in [9.17, 15) is 18.3 Å². The van der Waals surface area contributed by atoms with Crippen molar-refractivity contribution in [2.24, 2.45) is 11.1 Å². The fourth-order valence-corrected chi connectivity index (χ4v) is 4.75. The van der Waals surface area contributed by atoms with Crippen LogP contribution in [0.5, 0.6) is 5.88 Å². The fourth-order valence-electron chi connectivity index (χ4n) is 3.76. The molecule has 0 amide bonds. The summed E-state index contributed by atoms with van der Waals surface area (Å²) < 4.78 is 34.4.